The lowest BCUT2D eigenvalue weighted by Crippen LogP contribution is -2.41. The van der Waals surface area contributed by atoms with Crippen LogP contribution in [-0.2, 0) is 4.74 Å². The summed E-state index contributed by atoms with van der Waals surface area (Å²) in [4.78, 5) is 27.8. The quantitative estimate of drug-likeness (QED) is 0.668. The largest absolute Gasteiger partial charge is 0.378 e. The van der Waals surface area contributed by atoms with Crippen molar-refractivity contribution in [2.45, 2.75) is 25.4 Å². The lowest BCUT2D eigenvalue weighted by atomic mass is 10.1. The van der Waals surface area contributed by atoms with E-state index in [1.165, 1.54) is 11.3 Å². The molecule has 1 aliphatic rings. The highest BCUT2D eigenvalue weighted by Crippen LogP contribution is 2.22. The Balaban J connectivity index is 0.00000280. The minimum atomic E-state index is -0.197. The topological polar surface area (TPSA) is 84.7 Å². The Kier molecular flexibility index (Phi) is 8.92. The van der Waals surface area contributed by atoms with Gasteiger partial charge in [0.15, 0.2) is 0 Å². The highest BCUT2D eigenvalue weighted by Gasteiger charge is 2.25. The summed E-state index contributed by atoms with van der Waals surface area (Å²) in [7, 11) is 0. The van der Waals surface area contributed by atoms with E-state index in [4.69, 9.17) is 10.5 Å². The van der Waals surface area contributed by atoms with Crippen molar-refractivity contribution in [1.29, 1.82) is 0 Å². The van der Waals surface area contributed by atoms with Gasteiger partial charge in [-0.05, 0) is 49.4 Å². The zero-order valence-corrected chi connectivity index (χ0v) is 17.3. The van der Waals surface area contributed by atoms with E-state index in [0.29, 0.717) is 42.4 Å². The van der Waals surface area contributed by atoms with E-state index >= 15 is 0 Å². The van der Waals surface area contributed by atoms with E-state index in [9.17, 15) is 9.59 Å². The molecule has 1 aromatic carbocycles. The molecule has 2 heterocycles. The zero-order valence-electron chi connectivity index (χ0n) is 15.6. The number of hydrogen-bond donors (Lipinski definition) is 2. The molecule has 0 radical (unpaired) electrons. The molecule has 0 saturated carbocycles. The van der Waals surface area contributed by atoms with Crippen LogP contribution >= 0.6 is 23.7 Å². The first-order valence-electron chi connectivity index (χ1n) is 9.24. The number of amides is 2. The number of anilines is 1. The Hall–Kier alpha value is -1.93. The van der Waals surface area contributed by atoms with Crippen molar-refractivity contribution in [3.63, 3.8) is 0 Å². The van der Waals surface area contributed by atoms with Gasteiger partial charge in [0.25, 0.3) is 11.8 Å². The minimum Gasteiger partial charge on any atom is -0.378 e. The van der Waals surface area contributed by atoms with Gasteiger partial charge in [-0.15, -0.1) is 23.7 Å². The highest BCUT2D eigenvalue weighted by molar-refractivity contribution is 7.12. The van der Waals surface area contributed by atoms with Crippen molar-refractivity contribution < 1.29 is 14.3 Å². The number of likely N-dealkylation sites (tertiary alicyclic amines) is 1. The second kappa shape index (κ2) is 11.2. The SMILES string of the molecule is Cl.NCCCOC1CCN(C(=O)c2ccccc2NC(=O)c2cccs2)CC1. The summed E-state index contributed by atoms with van der Waals surface area (Å²) in [5, 5.41) is 4.72. The van der Waals surface area contributed by atoms with Crippen LogP contribution in [0.5, 0.6) is 0 Å². The van der Waals surface area contributed by atoms with Crippen LogP contribution in [0.3, 0.4) is 0 Å². The van der Waals surface area contributed by atoms with Gasteiger partial charge in [-0.25, -0.2) is 0 Å². The van der Waals surface area contributed by atoms with E-state index in [2.05, 4.69) is 5.32 Å². The normalized spacial score (nSPS) is 14.4. The van der Waals surface area contributed by atoms with Gasteiger partial charge in [0.1, 0.15) is 0 Å². The van der Waals surface area contributed by atoms with Gasteiger partial charge in [0, 0.05) is 19.7 Å². The molecule has 0 atom stereocenters. The number of rotatable bonds is 7. The maximum absolute atomic E-state index is 13.0. The maximum atomic E-state index is 13.0. The summed E-state index contributed by atoms with van der Waals surface area (Å²) in [6.45, 7) is 2.61. The average molecular weight is 424 g/mol. The number of piperidine rings is 1. The standard InChI is InChI=1S/C20H25N3O3S.ClH/c21-10-4-13-26-15-8-11-23(12-9-15)20(25)16-5-1-2-6-17(16)22-19(24)18-7-3-14-27-18;/h1-3,5-7,14-15H,4,8-13,21H2,(H,22,24);1H. The van der Waals surface area contributed by atoms with E-state index in [-0.39, 0.29) is 30.3 Å². The summed E-state index contributed by atoms with van der Waals surface area (Å²) in [6.07, 6.45) is 2.69. The van der Waals surface area contributed by atoms with E-state index < -0.39 is 0 Å². The number of carbonyl (C=O) groups excluding carboxylic acids is 2. The predicted molar refractivity (Wildman–Crippen MR) is 115 cm³/mol. The summed E-state index contributed by atoms with van der Waals surface area (Å²) in [5.41, 5.74) is 6.55. The molecule has 3 N–H and O–H groups in total. The van der Waals surface area contributed by atoms with Gasteiger partial charge >= 0.3 is 0 Å². The number of nitrogens with zero attached hydrogens (tertiary/aromatic N) is 1. The first kappa shape index (κ1) is 22.4. The van der Waals surface area contributed by atoms with Crippen LogP contribution in [0.25, 0.3) is 0 Å². The molecule has 2 amide bonds. The second-order valence-corrected chi connectivity index (χ2v) is 7.43. The Labute approximate surface area is 175 Å². The third kappa shape index (κ3) is 5.78. The van der Waals surface area contributed by atoms with Gasteiger partial charge in [-0.2, -0.15) is 0 Å². The molecular weight excluding hydrogens is 398 g/mol. The smallest absolute Gasteiger partial charge is 0.265 e. The number of thiophene rings is 1. The van der Waals surface area contributed by atoms with Gasteiger partial charge < -0.3 is 20.7 Å². The van der Waals surface area contributed by atoms with E-state index in [1.54, 1.807) is 18.2 Å². The van der Waals surface area contributed by atoms with Crippen LogP contribution in [-0.4, -0.2) is 49.1 Å². The molecule has 0 unspecified atom stereocenters. The number of hydrogen-bond acceptors (Lipinski definition) is 5. The van der Waals surface area contributed by atoms with Crippen LogP contribution < -0.4 is 11.1 Å². The van der Waals surface area contributed by atoms with E-state index in [1.807, 2.05) is 28.5 Å². The fraction of sp³-hybridized carbons (Fsp3) is 0.400. The highest BCUT2D eigenvalue weighted by atomic mass is 35.5. The molecular formula is C20H26ClN3O3S. The minimum absolute atomic E-state index is 0. The molecule has 0 spiro atoms. The molecule has 0 aliphatic carbocycles. The van der Waals surface area contributed by atoms with Crippen molar-refractivity contribution in [1.82, 2.24) is 4.90 Å². The van der Waals surface area contributed by atoms with Gasteiger partial charge in [0.2, 0.25) is 0 Å². The van der Waals surface area contributed by atoms with Crippen molar-refractivity contribution in [3.05, 3.63) is 52.2 Å². The van der Waals surface area contributed by atoms with E-state index in [0.717, 1.165) is 19.3 Å². The first-order chi connectivity index (χ1) is 13.2. The van der Waals surface area contributed by atoms with Crippen molar-refractivity contribution >= 4 is 41.2 Å². The van der Waals surface area contributed by atoms with Gasteiger partial charge in [-0.1, -0.05) is 18.2 Å². The van der Waals surface area contributed by atoms with Crippen LogP contribution in [0.1, 0.15) is 39.3 Å². The lowest BCUT2D eigenvalue weighted by molar-refractivity contribution is 0.00847. The maximum Gasteiger partial charge on any atom is 0.265 e. The second-order valence-electron chi connectivity index (χ2n) is 6.48. The van der Waals surface area contributed by atoms with Gasteiger partial charge in [0.05, 0.1) is 22.2 Å². The number of carbonyl (C=O) groups is 2. The fourth-order valence-electron chi connectivity index (χ4n) is 3.10. The zero-order chi connectivity index (χ0) is 19.1. The van der Waals surface area contributed by atoms with Crippen molar-refractivity contribution in [2.75, 3.05) is 31.6 Å². The number of nitrogens with one attached hydrogen (secondary N) is 1. The Morgan fingerprint density at radius 2 is 1.93 bits per heavy atom. The lowest BCUT2D eigenvalue weighted by Gasteiger charge is -2.32. The molecule has 1 fully saturated rings. The number of halogens is 1. The van der Waals surface area contributed by atoms with Crippen molar-refractivity contribution in [3.8, 4) is 0 Å². The molecule has 28 heavy (non-hydrogen) atoms. The van der Waals surface area contributed by atoms with Crippen LogP contribution in [0.15, 0.2) is 41.8 Å². The summed E-state index contributed by atoms with van der Waals surface area (Å²) >= 11 is 1.37. The molecule has 2 aromatic rings. The molecule has 3 rings (SSSR count). The molecule has 1 aliphatic heterocycles. The molecule has 6 nitrogen and oxygen atoms in total. The third-order valence-corrected chi connectivity index (χ3v) is 5.45. The number of nitrogens with two attached hydrogens (primary N) is 1. The number of ether oxygens (including phenoxy) is 1. The Bertz CT molecular complexity index is 762. The molecule has 1 saturated heterocycles. The molecule has 152 valence electrons. The summed E-state index contributed by atoms with van der Waals surface area (Å²) in [6, 6.07) is 10.8. The molecule has 1 aromatic heterocycles. The number of benzene rings is 1. The van der Waals surface area contributed by atoms with Crippen LogP contribution in [0.2, 0.25) is 0 Å². The third-order valence-electron chi connectivity index (χ3n) is 4.58. The average Bonchev–Trinajstić information content (AvgIpc) is 3.24. The molecule has 0 bridgehead atoms. The Morgan fingerprint density at radius 3 is 2.61 bits per heavy atom. The Morgan fingerprint density at radius 1 is 1.18 bits per heavy atom. The summed E-state index contributed by atoms with van der Waals surface area (Å²) in [5.74, 6) is -0.255. The summed E-state index contributed by atoms with van der Waals surface area (Å²) < 4.78 is 5.80. The first-order valence-corrected chi connectivity index (χ1v) is 10.1. The van der Waals surface area contributed by atoms with Crippen LogP contribution in [0, 0.1) is 0 Å². The predicted octanol–water partition coefficient (Wildman–Crippen LogP) is 3.39. The van der Waals surface area contributed by atoms with Crippen molar-refractivity contribution in [2.24, 2.45) is 5.73 Å². The monoisotopic (exact) mass is 423 g/mol. The fourth-order valence-corrected chi connectivity index (χ4v) is 3.72. The molecule has 8 heteroatoms. The van der Waals surface area contributed by atoms with Gasteiger partial charge in [-0.3, -0.25) is 9.59 Å². The van der Waals surface area contributed by atoms with Crippen LogP contribution in [0.4, 0.5) is 5.69 Å². The number of para-hydroxylation sites is 1.